The Balaban J connectivity index is 1.99. The van der Waals surface area contributed by atoms with Crippen LogP contribution in [0.2, 0.25) is 0 Å². The quantitative estimate of drug-likeness (QED) is 0.759. The van der Waals surface area contributed by atoms with Gasteiger partial charge in [-0.2, -0.15) is 9.97 Å². The highest BCUT2D eigenvalue weighted by Crippen LogP contribution is 2.07. The van der Waals surface area contributed by atoms with Crippen LogP contribution >= 0.6 is 0 Å². The highest BCUT2D eigenvalue weighted by molar-refractivity contribution is 5.87. The minimum Gasteiger partial charge on any atom is -0.361 e. The largest absolute Gasteiger partial charge is 0.361 e. The van der Waals surface area contributed by atoms with Crippen LogP contribution in [0.1, 0.15) is 42.1 Å². The minimum atomic E-state index is -0.740. The van der Waals surface area contributed by atoms with Gasteiger partial charge >= 0.3 is 11.8 Å². The first-order valence-electron chi connectivity index (χ1n) is 6.28. The number of aryl methyl sites for hydroxylation is 1. The molecule has 2 N–H and O–H groups in total. The summed E-state index contributed by atoms with van der Waals surface area (Å²) in [4.78, 5) is 21.0. The van der Waals surface area contributed by atoms with Gasteiger partial charge in [0.2, 0.25) is 5.89 Å². The predicted octanol–water partition coefficient (Wildman–Crippen LogP) is 0.136. The van der Waals surface area contributed by atoms with Crippen molar-refractivity contribution in [3.8, 4) is 0 Å². The van der Waals surface area contributed by atoms with Gasteiger partial charge in [-0.3, -0.25) is 9.69 Å². The van der Waals surface area contributed by atoms with Gasteiger partial charge in [0, 0.05) is 6.42 Å². The highest BCUT2D eigenvalue weighted by Gasteiger charge is 2.16. The Labute approximate surface area is 115 Å². The number of rotatable bonds is 7. The predicted molar refractivity (Wildman–Crippen MR) is 66.3 cm³/mol. The number of hydrogen-bond donors (Lipinski definition) is 1. The zero-order valence-electron chi connectivity index (χ0n) is 11.4. The molecule has 2 heterocycles. The lowest BCUT2D eigenvalue weighted by molar-refractivity contribution is 0.0958. The van der Waals surface area contributed by atoms with Crippen LogP contribution in [-0.2, 0) is 19.5 Å². The van der Waals surface area contributed by atoms with Crippen LogP contribution in [0.5, 0.6) is 0 Å². The summed E-state index contributed by atoms with van der Waals surface area (Å²) >= 11 is 0. The van der Waals surface area contributed by atoms with E-state index >= 15 is 0 Å². The minimum absolute atomic E-state index is 0.192. The fourth-order valence-corrected chi connectivity index (χ4v) is 1.59. The fraction of sp³-hybridized carbons (Fsp3) is 0.545. The number of hydrogen-bond acceptors (Lipinski definition) is 8. The van der Waals surface area contributed by atoms with Crippen LogP contribution < -0.4 is 5.73 Å². The second-order valence-electron chi connectivity index (χ2n) is 4.14. The number of amides is 1. The zero-order chi connectivity index (χ0) is 14.5. The van der Waals surface area contributed by atoms with E-state index in [2.05, 4.69) is 20.3 Å². The van der Waals surface area contributed by atoms with Crippen LogP contribution in [0.3, 0.4) is 0 Å². The van der Waals surface area contributed by atoms with Gasteiger partial charge in [0.15, 0.2) is 11.6 Å². The molecule has 1 amide bonds. The molecule has 2 rings (SSSR count). The molecule has 0 saturated carbocycles. The van der Waals surface area contributed by atoms with Gasteiger partial charge < -0.3 is 14.8 Å². The number of nitrogens with two attached hydrogens (primary N) is 1. The van der Waals surface area contributed by atoms with E-state index in [0.717, 1.165) is 13.0 Å². The molecule has 2 aromatic heterocycles. The molecule has 9 heteroatoms. The molecule has 0 atom stereocenters. The van der Waals surface area contributed by atoms with Crippen molar-refractivity contribution in [2.45, 2.75) is 33.4 Å². The monoisotopic (exact) mass is 280 g/mol. The second kappa shape index (κ2) is 6.24. The van der Waals surface area contributed by atoms with Crippen molar-refractivity contribution in [2.75, 3.05) is 6.54 Å². The molecule has 0 aliphatic heterocycles. The summed E-state index contributed by atoms with van der Waals surface area (Å²) in [7, 11) is 0. The van der Waals surface area contributed by atoms with Gasteiger partial charge in [0.05, 0.1) is 13.1 Å². The molecular weight excluding hydrogens is 264 g/mol. The van der Waals surface area contributed by atoms with Crippen molar-refractivity contribution in [3.05, 3.63) is 23.4 Å². The SMILES string of the molecule is CCc1noc(CN(CC)Cc2noc(C(N)=O)n2)n1. The van der Waals surface area contributed by atoms with Gasteiger partial charge in [-0.1, -0.05) is 24.2 Å². The molecule has 0 aliphatic carbocycles. The normalized spacial score (nSPS) is 11.2. The molecule has 0 unspecified atom stereocenters. The highest BCUT2D eigenvalue weighted by atomic mass is 16.5. The first-order valence-corrected chi connectivity index (χ1v) is 6.28. The van der Waals surface area contributed by atoms with Crippen molar-refractivity contribution in [1.82, 2.24) is 25.2 Å². The van der Waals surface area contributed by atoms with Crippen LogP contribution in [0, 0.1) is 0 Å². The van der Waals surface area contributed by atoms with Crippen molar-refractivity contribution in [3.63, 3.8) is 0 Å². The van der Waals surface area contributed by atoms with Crippen LogP contribution in [0.4, 0.5) is 0 Å². The third kappa shape index (κ3) is 3.38. The van der Waals surface area contributed by atoms with E-state index in [9.17, 15) is 4.79 Å². The number of carbonyl (C=O) groups is 1. The van der Waals surface area contributed by atoms with E-state index in [4.69, 9.17) is 14.8 Å². The third-order valence-corrected chi connectivity index (χ3v) is 2.68. The maximum absolute atomic E-state index is 10.9. The molecule has 9 nitrogen and oxygen atoms in total. The van der Waals surface area contributed by atoms with Gasteiger partial charge in [0.1, 0.15) is 0 Å². The smallest absolute Gasteiger partial charge is 0.315 e. The Hall–Kier alpha value is -2.29. The lowest BCUT2D eigenvalue weighted by Gasteiger charge is -2.15. The summed E-state index contributed by atoms with van der Waals surface area (Å²) in [5.74, 6) is 0.656. The summed E-state index contributed by atoms with van der Waals surface area (Å²) in [5, 5.41) is 7.53. The first kappa shape index (κ1) is 14.1. The van der Waals surface area contributed by atoms with E-state index in [1.807, 2.05) is 18.7 Å². The summed E-state index contributed by atoms with van der Waals surface area (Å²) in [5.41, 5.74) is 5.05. The molecule has 0 spiro atoms. The molecule has 2 aromatic rings. The molecule has 0 aromatic carbocycles. The third-order valence-electron chi connectivity index (χ3n) is 2.68. The van der Waals surface area contributed by atoms with E-state index in [1.54, 1.807) is 0 Å². The van der Waals surface area contributed by atoms with Crippen LogP contribution in [0.15, 0.2) is 9.05 Å². The van der Waals surface area contributed by atoms with Crippen molar-refractivity contribution in [1.29, 1.82) is 0 Å². The van der Waals surface area contributed by atoms with Gasteiger partial charge in [0.25, 0.3) is 0 Å². The number of nitrogens with zero attached hydrogens (tertiary/aromatic N) is 5. The molecular formula is C11H16N6O3. The molecule has 0 aliphatic rings. The Morgan fingerprint density at radius 2 is 1.90 bits per heavy atom. The Morgan fingerprint density at radius 1 is 1.15 bits per heavy atom. The summed E-state index contributed by atoms with van der Waals surface area (Å²) in [6, 6.07) is 0. The summed E-state index contributed by atoms with van der Waals surface area (Å²) in [6.45, 7) is 5.54. The average Bonchev–Trinajstić information content (AvgIpc) is 3.06. The van der Waals surface area contributed by atoms with Crippen molar-refractivity contribution >= 4 is 5.91 Å². The summed E-state index contributed by atoms with van der Waals surface area (Å²) < 4.78 is 9.86. The van der Waals surface area contributed by atoms with E-state index < -0.39 is 5.91 Å². The fourth-order valence-electron chi connectivity index (χ4n) is 1.59. The molecule has 0 fully saturated rings. The maximum atomic E-state index is 10.9. The summed E-state index contributed by atoms with van der Waals surface area (Å²) in [6.07, 6.45) is 0.725. The number of primary amides is 1. The van der Waals surface area contributed by atoms with E-state index in [1.165, 1.54) is 0 Å². The average molecular weight is 280 g/mol. The second-order valence-corrected chi connectivity index (χ2v) is 4.14. The molecule has 108 valence electrons. The first-order chi connectivity index (χ1) is 9.62. The number of aromatic nitrogens is 4. The van der Waals surface area contributed by atoms with Crippen LogP contribution in [0.25, 0.3) is 0 Å². The van der Waals surface area contributed by atoms with Crippen molar-refractivity contribution < 1.29 is 13.8 Å². The van der Waals surface area contributed by atoms with E-state index in [-0.39, 0.29) is 5.89 Å². The Kier molecular flexibility index (Phi) is 4.41. The molecule has 20 heavy (non-hydrogen) atoms. The Bertz CT molecular complexity index is 578. The topological polar surface area (TPSA) is 124 Å². The van der Waals surface area contributed by atoms with E-state index in [0.29, 0.717) is 30.6 Å². The molecule has 0 radical (unpaired) electrons. The Morgan fingerprint density at radius 3 is 2.45 bits per heavy atom. The standard InChI is InChI=1S/C11H16N6O3/c1-3-7-13-9(19-15-7)6-17(4-2)5-8-14-11(10(12)18)20-16-8/h3-6H2,1-2H3,(H2,12,18). The molecule has 0 saturated heterocycles. The van der Waals surface area contributed by atoms with Gasteiger partial charge in [-0.25, -0.2) is 0 Å². The maximum Gasteiger partial charge on any atom is 0.315 e. The number of carbonyl (C=O) groups excluding carboxylic acids is 1. The lowest BCUT2D eigenvalue weighted by atomic mass is 10.4. The van der Waals surface area contributed by atoms with Crippen molar-refractivity contribution in [2.24, 2.45) is 5.73 Å². The molecule has 0 bridgehead atoms. The van der Waals surface area contributed by atoms with Gasteiger partial charge in [-0.05, 0) is 6.54 Å². The van der Waals surface area contributed by atoms with Crippen LogP contribution in [-0.4, -0.2) is 37.6 Å². The zero-order valence-corrected chi connectivity index (χ0v) is 11.4. The lowest BCUT2D eigenvalue weighted by Crippen LogP contribution is -2.23. The van der Waals surface area contributed by atoms with Gasteiger partial charge in [-0.15, -0.1) is 0 Å².